The number of hydrogen-bond donors (Lipinski definition) is 2. The summed E-state index contributed by atoms with van der Waals surface area (Å²) in [5, 5.41) is 16.6. The Morgan fingerprint density at radius 1 is 1.38 bits per heavy atom. The minimum absolute atomic E-state index is 0.222. The molecule has 0 saturated carbocycles. The fourth-order valence-corrected chi connectivity index (χ4v) is 0.563. The first-order valence-electron chi connectivity index (χ1n) is 4.04. The van der Waals surface area contributed by atoms with Gasteiger partial charge in [-0.3, -0.25) is 4.79 Å². The van der Waals surface area contributed by atoms with Crippen molar-refractivity contribution in [2.24, 2.45) is 0 Å². The van der Waals surface area contributed by atoms with E-state index >= 15 is 0 Å². The highest BCUT2D eigenvalue weighted by atomic mass is 16.4. The van der Waals surface area contributed by atoms with E-state index in [-0.39, 0.29) is 6.42 Å². The SMILES string of the molecule is CCC(=O)O.Cc1ccccc1O. The van der Waals surface area contributed by atoms with Crippen LogP contribution in [-0.4, -0.2) is 16.2 Å². The first-order chi connectivity index (χ1) is 6.07. The summed E-state index contributed by atoms with van der Waals surface area (Å²) < 4.78 is 0. The van der Waals surface area contributed by atoms with E-state index in [1.165, 1.54) is 0 Å². The summed E-state index contributed by atoms with van der Waals surface area (Å²) in [5.74, 6) is -0.377. The summed E-state index contributed by atoms with van der Waals surface area (Å²) in [7, 11) is 0. The van der Waals surface area contributed by atoms with Crippen LogP contribution in [0.5, 0.6) is 5.75 Å². The topological polar surface area (TPSA) is 57.5 Å². The molecule has 0 bridgehead atoms. The smallest absolute Gasteiger partial charge is 0.303 e. The van der Waals surface area contributed by atoms with Crippen LogP contribution in [0.4, 0.5) is 0 Å². The van der Waals surface area contributed by atoms with Gasteiger partial charge in [0.2, 0.25) is 0 Å². The molecule has 0 radical (unpaired) electrons. The van der Waals surface area contributed by atoms with Crippen LogP contribution in [0, 0.1) is 6.92 Å². The predicted molar refractivity (Wildman–Crippen MR) is 50.8 cm³/mol. The molecule has 0 fully saturated rings. The van der Waals surface area contributed by atoms with Crippen molar-refractivity contribution in [3.63, 3.8) is 0 Å². The van der Waals surface area contributed by atoms with Crippen molar-refractivity contribution in [3.8, 4) is 5.75 Å². The fraction of sp³-hybridized carbons (Fsp3) is 0.300. The second kappa shape index (κ2) is 6.06. The molecule has 0 aliphatic rings. The third kappa shape index (κ3) is 5.73. The second-order valence-electron chi connectivity index (χ2n) is 2.53. The van der Waals surface area contributed by atoms with Crippen LogP contribution < -0.4 is 0 Å². The summed E-state index contributed by atoms with van der Waals surface area (Å²) >= 11 is 0. The van der Waals surface area contributed by atoms with E-state index < -0.39 is 5.97 Å². The number of phenolic OH excluding ortho intramolecular Hbond substituents is 1. The first kappa shape index (κ1) is 11.5. The predicted octanol–water partition coefficient (Wildman–Crippen LogP) is 2.18. The zero-order valence-corrected chi connectivity index (χ0v) is 7.82. The Bertz CT molecular complexity index is 248. The second-order valence-corrected chi connectivity index (χ2v) is 2.53. The highest BCUT2D eigenvalue weighted by molar-refractivity contribution is 5.66. The van der Waals surface area contributed by atoms with Crippen LogP contribution in [0.3, 0.4) is 0 Å². The Kier molecular flexibility index (Phi) is 5.35. The molecule has 0 aliphatic heterocycles. The van der Waals surface area contributed by atoms with Gasteiger partial charge in [-0.2, -0.15) is 0 Å². The number of phenols is 1. The monoisotopic (exact) mass is 182 g/mol. The minimum atomic E-state index is -0.745. The molecule has 0 amide bonds. The van der Waals surface area contributed by atoms with Crippen LogP contribution in [0.15, 0.2) is 24.3 Å². The molecular formula is C10H14O3. The molecule has 13 heavy (non-hydrogen) atoms. The van der Waals surface area contributed by atoms with Gasteiger partial charge in [0.25, 0.3) is 0 Å². The number of benzene rings is 1. The quantitative estimate of drug-likeness (QED) is 0.699. The average molecular weight is 182 g/mol. The van der Waals surface area contributed by atoms with Gasteiger partial charge in [-0.25, -0.2) is 0 Å². The van der Waals surface area contributed by atoms with E-state index in [4.69, 9.17) is 10.2 Å². The van der Waals surface area contributed by atoms with Crippen molar-refractivity contribution in [2.75, 3.05) is 0 Å². The maximum atomic E-state index is 9.37. The fourth-order valence-electron chi connectivity index (χ4n) is 0.563. The summed E-state index contributed by atoms with van der Waals surface area (Å²) in [6.45, 7) is 3.47. The lowest BCUT2D eigenvalue weighted by Crippen LogP contribution is -1.86. The van der Waals surface area contributed by atoms with E-state index in [9.17, 15) is 4.79 Å². The molecule has 0 aromatic heterocycles. The summed E-state index contributed by atoms with van der Waals surface area (Å²) in [6.07, 6.45) is 0.222. The number of hydrogen-bond acceptors (Lipinski definition) is 2. The lowest BCUT2D eigenvalue weighted by Gasteiger charge is -1.92. The van der Waals surface area contributed by atoms with E-state index in [1.807, 2.05) is 25.1 Å². The number of rotatable bonds is 1. The zero-order chi connectivity index (χ0) is 10.3. The molecule has 1 aromatic carbocycles. The molecular weight excluding hydrogens is 168 g/mol. The minimum Gasteiger partial charge on any atom is -0.508 e. The Hall–Kier alpha value is -1.51. The first-order valence-corrected chi connectivity index (χ1v) is 4.04. The van der Waals surface area contributed by atoms with Gasteiger partial charge < -0.3 is 10.2 Å². The van der Waals surface area contributed by atoms with Crippen LogP contribution in [0.1, 0.15) is 18.9 Å². The van der Waals surface area contributed by atoms with Gasteiger partial charge in [0.1, 0.15) is 5.75 Å². The molecule has 2 N–H and O–H groups in total. The summed E-state index contributed by atoms with van der Waals surface area (Å²) in [5.41, 5.74) is 0.924. The number of aliphatic carboxylic acids is 1. The number of carboxylic acids is 1. The van der Waals surface area contributed by atoms with Gasteiger partial charge >= 0.3 is 5.97 Å². The van der Waals surface area contributed by atoms with Crippen molar-refractivity contribution in [2.45, 2.75) is 20.3 Å². The third-order valence-corrected chi connectivity index (χ3v) is 1.42. The van der Waals surface area contributed by atoms with Crippen LogP contribution in [0.25, 0.3) is 0 Å². The summed E-state index contributed by atoms with van der Waals surface area (Å²) in [6, 6.07) is 7.25. The number of aromatic hydroxyl groups is 1. The highest BCUT2D eigenvalue weighted by Gasteiger charge is 1.87. The third-order valence-electron chi connectivity index (χ3n) is 1.42. The van der Waals surface area contributed by atoms with Gasteiger partial charge in [-0.05, 0) is 18.6 Å². The summed E-state index contributed by atoms with van der Waals surface area (Å²) in [4.78, 5) is 9.37. The number of carboxylic acid groups (broad SMARTS) is 1. The van der Waals surface area contributed by atoms with E-state index in [2.05, 4.69) is 0 Å². The van der Waals surface area contributed by atoms with Gasteiger partial charge in [0.05, 0.1) is 0 Å². The van der Waals surface area contributed by atoms with E-state index in [1.54, 1.807) is 13.0 Å². The van der Waals surface area contributed by atoms with Crippen molar-refractivity contribution >= 4 is 5.97 Å². The van der Waals surface area contributed by atoms with Crippen molar-refractivity contribution in [1.29, 1.82) is 0 Å². The molecule has 0 unspecified atom stereocenters. The van der Waals surface area contributed by atoms with Crippen molar-refractivity contribution < 1.29 is 15.0 Å². The Balaban J connectivity index is 0.000000252. The number of para-hydroxylation sites is 1. The molecule has 72 valence electrons. The molecule has 3 nitrogen and oxygen atoms in total. The number of aryl methyl sites for hydroxylation is 1. The molecule has 1 aromatic rings. The lowest BCUT2D eigenvalue weighted by molar-refractivity contribution is -0.136. The Morgan fingerprint density at radius 2 is 1.85 bits per heavy atom. The largest absolute Gasteiger partial charge is 0.508 e. The maximum Gasteiger partial charge on any atom is 0.303 e. The van der Waals surface area contributed by atoms with Gasteiger partial charge in [-0.15, -0.1) is 0 Å². The van der Waals surface area contributed by atoms with E-state index in [0.717, 1.165) is 5.56 Å². The lowest BCUT2D eigenvalue weighted by atomic mass is 10.2. The highest BCUT2D eigenvalue weighted by Crippen LogP contribution is 2.12. The van der Waals surface area contributed by atoms with Crippen molar-refractivity contribution in [3.05, 3.63) is 29.8 Å². The van der Waals surface area contributed by atoms with Gasteiger partial charge in [0, 0.05) is 6.42 Å². The molecule has 0 atom stereocenters. The maximum absolute atomic E-state index is 9.37. The normalized spacial score (nSPS) is 8.46. The molecule has 0 heterocycles. The average Bonchev–Trinajstić information content (AvgIpc) is 2.11. The van der Waals surface area contributed by atoms with Gasteiger partial charge in [-0.1, -0.05) is 25.1 Å². The van der Waals surface area contributed by atoms with E-state index in [0.29, 0.717) is 5.75 Å². The molecule has 0 spiro atoms. The zero-order valence-electron chi connectivity index (χ0n) is 7.82. The Morgan fingerprint density at radius 3 is 2.08 bits per heavy atom. The van der Waals surface area contributed by atoms with Crippen LogP contribution in [0.2, 0.25) is 0 Å². The van der Waals surface area contributed by atoms with Crippen molar-refractivity contribution in [1.82, 2.24) is 0 Å². The van der Waals surface area contributed by atoms with Crippen LogP contribution in [-0.2, 0) is 4.79 Å². The molecule has 0 saturated heterocycles. The number of carbonyl (C=O) groups is 1. The van der Waals surface area contributed by atoms with Crippen LogP contribution >= 0.6 is 0 Å². The standard InChI is InChI=1S/C7H8O.C3H6O2/c1-6-4-2-3-5-7(6)8;1-2-3(4)5/h2-5,8H,1H3;2H2,1H3,(H,4,5). The molecule has 0 aliphatic carbocycles. The molecule has 1 rings (SSSR count). The molecule has 3 heteroatoms. The Labute approximate surface area is 77.6 Å². The van der Waals surface area contributed by atoms with Gasteiger partial charge in [0.15, 0.2) is 0 Å².